The Kier molecular flexibility index (Phi) is 6.89. The van der Waals surface area contributed by atoms with E-state index in [-0.39, 0.29) is 11.7 Å². The van der Waals surface area contributed by atoms with Crippen LogP contribution in [0.2, 0.25) is 0 Å². The van der Waals surface area contributed by atoms with E-state index in [1.807, 2.05) is 29.0 Å². The Morgan fingerprint density at radius 1 is 1.34 bits per heavy atom. The lowest BCUT2D eigenvalue weighted by molar-refractivity contribution is -0.113. The largest absolute Gasteiger partial charge is 0.497 e. The lowest BCUT2D eigenvalue weighted by Crippen LogP contribution is -2.14. The number of hydrogen-bond donors (Lipinski definition) is 1. The first-order chi connectivity index (χ1) is 14.0. The molecule has 10 heteroatoms. The van der Waals surface area contributed by atoms with Gasteiger partial charge in [0.15, 0.2) is 10.3 Å². The number of methoxy groups -OCH3 is 2. The molecule has 152 valence electrons. The van der Waals surface area contributed by atoms with Crippen molar-refractivity contribution in [2.45, 2.75) is 18.6 Å². The number of carbonyl (C=O) groups excluding carboxylic acids is 1. The van der Waals surface area contributed by atoms with Crippen molar-refractivity contribution in [2.24, 2.45) is 0 Å². The van der Waals surface area contributed by atoms with Gasteiger partial charge in [0.05, 0.1) is 25.7 Å². The minimum atomic E-state index is -0.164. The molecule has 1 N–H and O–H groups in total. The van der Waals surface area contributed by atoms with Gasteiger partial charge >= 0.3 is 0 Å². The van der Waals surface area contributed by atoms with E-state index in [9.17, 15) is 4.79 Å². The highest BCUT2D eigenvalue weighted by Crippen LogP contribution is 2.34. The number of aryl methyl sites for hydroxylation is 1. The molecule has 3 rings (SSSR count). The standard InChI is InChI=1S/C19H21N5O3S2/c1-5-8-24-12(2)22-23-19(24)29-11-17(25)21-18-20-15(10-28-18)14-7-6-13(26-3)9-16(14)27-4/h5-7,9-10H,1,8,11H2,2-4H3,(H,20,21,25). The third kappa shape index (κ3) is 4.96. The van der Waals surface area contributed by atoms with Gasteiger partial charge in [0, 0.05) is 23.6 Å². The minimum Gasteiger partial charge on any atom is -0.497 e. The van der Waals surface area contributed by atoms with Crippen molar-refractivity contribution in [1.82, 2.24) is 19.7 Å². The topological polar surface area (TPSA) is 91.2 Å². The molecule has 0 atom stereocenters. The molecule has 0 bridgehead atoms. The SMILES string of the molecule is C=CCn1c(C)nnc1SCC(=O)Nc1nc(-c2ccc(OC)cc2OC)cs1. The molecule has 0 aliphatic carbocycles. The maximum atomic E-state index is 12.3. The minimum absolute atomic E-state index is 0.164. The number of ether oxygens (including phenoxy) is 2. The molecule has 0 unspecified atom stereocenters. The highest BCUT2D eigenvalue weighted by atomic mass is 32.2. The van der Waals surface area contributed by atoms with Crippen LogP contribution in [0.25, 0.3) is 11.3 Å². The number of amides is 1. The quantitative estimate of drug-likeness (QED) is 0.408. The van der Waals surface area contributed by atoms with Crippen molar-refractivity contribution in [2.75, 3.05) is 25.3 Å². The Bertz CT molecular complexity index is 1020. The summed E-state index contributed by atoms with van der Waals surface area (Å²) in [6.07, 6.45) is 1.77. The Balaban J connectivity index is 1.64. The van der Waals surface area contributed by atoms with Crippen LogP contribution in [0.3, 0.4) is 0 Å². The third-order valence-electron chi connectivity index (χ3n) is 3.98. The molecule has 0 fully saturated rings. The lowest BCUT2D eigenvalue weighted by Gasteiger charge is -2.08. The van der Waals surface area contributed by atoms with E-state index in [4.69, 9.17) is 9.47 Å². The van der Waals surface area contributed by atoms with E-state index in [1.165, 1.54) is 23.1 Å². The van der Waals surface area contributed by atoms with Crippen molar-refractivity contribution >= 4 is 34.1 Å². The smallest absolute Gasteiger partial charge is 0.236 e. The number of aromatic nitrogens is 4. The van der Waals surface area contributed by atoms with E-state index in [0.29, 0.717) is 28.3 Å². The van der Waals surface area contributed by atoms with Gasteiger partial charge in [-0.05, 0) is 19.1 Å². The molecule has 8 nitrogen and oxygen atoms in total. The van der Waals surface area contributed by atoms with Crippen LogP contribution >= 0.6 is 23.1 Å². The summed E-state index contributed by atoms with van der Waals surface area (Å²) in [4.78, 5) is 16.8. The number of anilines is 1. The average Bonchev–Trinajstić information content (AvgIpc) is 3.33. The highest BCUT2D eigenvalue weighted by Gasteiger charge is 2.14. The zero-order valence-electron chi connectivity index (χ0n) is 16.3. The number of benzene rings is 1. The van der Waals surface area contributed by atoms with E-state index >= 15 is 0 Å². The van der Waals surface area contributed by atoms with E-state index in [2.05, 4.69) is 27.1 Å². The zero-order chi connectivity index (χ0) is 20.8. The predicted molar refractivity (Wildman–Crippen MR) is 115 cm³/mol. The summed E-state index contributed by atoms with van der Waals surface area (Å²) >= 11 is 2.67. The summed E-state index contributed by atoms with van der Waals surface area (Å²) in [7, 11) is 3.20. The molecule has 0 aliphatic heterocycles. The van der Waals surface area contributed by atoms with Crippen molar-refractivity contribution in [3.8, 4) is 22.8 Å². The highest BCUT2D eigenvalue weighted by molar-refractivity contribution is 7.99. The Morgan fingerprint density at radius 2 is 2.17 bits per heavy atom. The Morgan fingerprint density at radius 3 is 2.90 bits per heavy atom. The van der Waals surface area contributed by atoms with E-state index in [0.717, 1.165) is 17.1 Å². The van der Waals surface area contributed by atoms with Crippen molar-refractivity contribution in [3.63, 3.8) is 0 Å². The maximum absolute atomic E-state index is 12.3. The predicted octanol–water partition coefficient (Wildman–Crippen LogP) is 3.64. The number of carbonyl (C=O) groups is 1. The van der Waals surface area contributed by atoms with Gasteiger partial charge in [-0.2, -0.15) is 0 Å². The van der Waals surface area contributed by atoms with Gasteiger partial charge in [0.1, 0.15) is 17.3 Å². The Labute approximate surface area is 177 Å². The second kappa shape index (κ2) is 9.57. The third-order valence-corrected chi connectivity index (χ3v) is 5.71. The monoisotopic (exact) mass is 431 g/mol. The van der Waals surface area contributed by atoms with Crippen molar-refractivity contribution in [1.29, 1.82) is 0 Å². The van der Waals surface area contributed by atoms with Gasteiger partial charge in [-0.15, -0.1) is 28.1 Å². The van der Waals surface area contributed by atoms with E-state index < -0.39 is 0 Å². The molecule has 0 saturated carbocycles. The molecule has 0 aliphatic rings. The number of allylic oxidation sites excluding steroid dienone is 1. The number of thioether (sulfide) groups is 1. The van der Waals surface area contributed by atoms with Crippen LogP contribution in [0, 0.1) is 6.92 Å². The number of rotatable bonds is 9. The number of hydrogen-bond acceptors (Lipinski definition) is 8. The summed E-state index contributed by atoms with van der Waals surface area (Å²) in [5.74, 6) is 2.18. The molecule has 0 radical (unpaired) electrons. The normalized spacial score (nSPS) is 10.6. The Hall–Kier alpha value is -2.85. The molecule has 2 aromatic heterocycles. The second-order valence-corrected chi connectivity index (χ2v) is 7.67. The summed E-state index contributed by atoms with van der Waals surface area (Å²) in [5, 5.41) is 14.0. The molecule has 2 heterocycles. The molecule has 0 saturated heterocycles. The van der Waals surface area contributed by atoms with Crippen molar-refractivity contribution < 1.29 is 14.3 Å². The van der Waals surface area contributed by atoms with Gasteiger partial charge in [-0.3, -0.25) is 4.79 Å². The van der Waals surface area contributed by atoms with Gasteiger partial charge in [0.2, 0.25) is 5.91 Å². The first-order valence-electron chi connectivity index (χ1n) is 8.67. The van der Waals surface area contributed by atoms with Gasteiger partial charge in [-0.1, -0.05) is 17.8 Å². The first-order valence-corrected chi connectivity index (χ1v) is 10.5. The van der Waals surface area contributed by atoms with Crippen LogP contribution in [-0.4, -0.2) is 45.6 Å². The van der Waals surface area contributed by atoms with Crippen molar-refractivity contribution in [3.05, 3.63) is 42.1 Å². The average molecular weight is 432 g/mol. The number of thiazole rings is 1. The molecule has 0 spiro atoms. The fraction of sp³-hybridized carbons (Fsp3) is 0.263. The summed E-state index contributed by atoms with van der Waals surface area (Å²) < 4.78 is 12.6. The molecule has 29 heavy (non-hydrogen) atoms. The number of nitrogens with zero attached hydrogens (tertiary/aromatic N) is 4. The van der Waals surface area contributed by atoms with E-state index in [1.54, 1.807) is 26.4 Å². The summed E-state index contributed by atoms with van der Waals surface area (Å²) in [6, 6.07) is 5.52. The first kappa shape index (κ1) is 20.9. The van der Waals surface area contributed by atoms with Crippen LogP contribution < -0.4 is 14.8 Å². The summed E-state index contributed by atoms with van der Waals surface area (Å²) in [5.41, 5.74) is 1.55. The maximum Gasteiger partial charge on any atom is 0.236 e. The van der Waals surface area contributed by atoms with Gasteiger partial charge in [-0.25, -0.2) is 4.98 Å². The molecule has 1 aromatic carbocycles. The van der Waals surface area contributed by atoms with Gasteiger partial charge < -0.3 is 19.4 Å². The zero-order valence-corrected chi connectivity index (χ0v) is 18.0. The number of nitrogens with one attached hydrogen (secondary N) is 1. The van der Waals surface area contributed by atoms with Gasteiger partial charge in [0.25, 0.3) is 0 Å². The fourth-order valence-corrected chi connectivity index (χ4v) is 4.08. The van der Waals surface area contributed by atoms with Crippen LogP contribution in [0.5, 0.6) is 11.5 Å². The fourth-order valence-electron chi connectivity index (χ4n) is 2.56. The van der Waals surface area contributed by atoms with Crippen LogP contribution in [0.4, 0.5) is 5.13 Å². The molecule has 1 amide bonds. The summed E-state index contributed by atoms with van der Waals surface area (Å²) in [6.45, 7) is 6.20. The molecule has 3 aromatic rings. The molecular formula is C19H21N5O3S2. The lowest BCUT2D eigenvalue weighted by atomic mass is 10.1. The van der Waals surface area contributed by atoms with Crippen LogP contribution in [-0.2, 0) is 11.3 Å². The molecular weight excluding hydrogens is 410 g/mol. The van der Waals surface area contributed by atoms with Crippen LogP contribution in [0.15, 0.2) is 41.4 Å². The second-order valence-electron chi connectivity index (χ2n) is 5.87. The van der Waals surface area contributed by atoms with Crippen LogP contribution in [0.1, 0.15) is 5.82 Å².